The number of pyridine rings is 1. The molecule has 0 saturated carbocycles. The highest BCUT2D eigenvalue weighted by Gasteiger charge is 2.26. The van der Waals surface area contributed by atoms with E-state index in [9.17, 15) is 9.90 Å². The van der Waals surface area contributed by atoms with Crippen LogP contribution in [0, 0.1) is 0 Å². The van der Waals surface area contributed by atoms with Gasteiger partial charge in [-0.15, -0.1) is 0 Å². The Labute approximate surface area is 188 Å². The zero-order chi connectivity index (χ0) is 22.2. The van der Waals surface area contributed by atoms with Crippen molar-refractivity contribution in [2.45, 2.75) is 31.9 Å². The van der Waals surface area contributed by atoms with Crippen molar-refractivity contribution in [3.63, 3.8) is 0 Å². The number of amides is 1. The number of anilines is 1. The Morgan fingerprint density at radius 3 is 2.91 bits per heavy atom. The van der Waals surface area contributed by atoms with E-state index in [0.29, 0.717) is 64.7 Å². The Morgan fingerprint density at radius 2 is 2.09 bits per heavy atom. The molecule has 0 aliphatic carbocycles. The highest BCUT2D eigenvalue weighted by molar-refractivity contribution is 6.36. The zero-order valence-corrected chi connectivity index (χ0v) is 18.2. The van der Waals surface area contributed by atoms with Crippen molar-refractivity contribution < 1.29 is 9.90 Å². The first-order valence-corrected chi connectivity index (χ1v) is 10.9. The van der Waals surface area contributed by atoms with Gasteiger partial charge in [0.25, 0.3) is 5.91 Å². The summed E-state index contributed by atoms with van der Waals surface area (Å²) in [5.41, 5.74) is 2.27. The first-order chi connectivity index (χ1) is 15.5. The molecule has 164 valence electrons. The van der Waals surface area contributed by atoms with Crippen molar-refractivity contribution >= 4 is 45.3 Å². The molecule has 1 saturated heterocycles. The lowest BCUT2D eigenvalue weighted by Gasteiger charge is -2.30. The van der Waals surface area contributed by atoms with Crippen LogP contribution in [0.3, 0.4) is 0 Å². The maximum Gasteiger partial charge on any atom is 0.273 e. The Kier molecular flexibility index (Phi) is 5.36. The highest BCUT2D eigenvalue weighted by Crippen LogP contribution is 2.31. The molecular weight excluding hydrogens is 430 g/mol. The molecular formula is C22H22ClN7O2. The topological polar surface area (TPSA) is 120 Å². The van der Waals surface area contributed by atoms with Crippen LogP contribution in [0.25, 0.3) is 21.9 Å². The van der Waals surface area contributed by atoms with E-state index in [1.165, 1.54) is 6.33 Å². The second-order valence-corrected chi connectivity index (χ2v) is 8.35. The molecule has 1 fully saturated rings. The van der Waals surface area contributed by atoms with Crippen molar-refractivity contribution in [2.75, 3.05) is 18.4 Å². The van der Waals surface area contributed by atoms with Gasteiger partial charge in [0.05, 0.1) is 29.2 Å². The Hall–Kier alpha value is -3.30. The van der Waals surface area contributed by atoms with Crippen molar-refractivity contribution in [3.8, 4) is 0 Å². The SMILES string of the molecule is CC(Nc1ncnc2nc[nH]c12)c1cc2cccc(Cl)c2c(C(=O)N2CCC(O)CC2)n1. The number of fused-ring (bicyclic) bond motifs is 2. The standard InChI is InChI=1S/C22H22ClN7O2/c1-12(28-21-19-20(25-10-24-19)26-11-27-21)16-9-13-3-2-4-15(23)17(13)18(29-16)22(32)30-7-5-14(31)6-8-30/h2-4,9-12,14,31H,5-8H2,1H3,(H2,24,25,26,27,28). The number of nitrogens with one attached hydrogen (secondary N) is 2. The molecule has 32 heavy (non-hydrogen) atoms. The molecule has 4 heterocycles. The number of aromatic nitrogens is 5. The van der Waals surface area contributed by atoms with Crippen LogP contribution in [-0.2, 0) is 0 Å². The summed E-state index contributed by atoms with van der Waals surface area (Å²) in [6, 6.07) is 7.22. The van der Waals surface area contributed by atoms with Gasteiger partial charge in [-0.1, -0.05) is 23.7 Å². The molecule has 0 spiro atoms. The predicted octanol–water partition coefficient (Wildman–Crippen LogP) is 3.32. The number of piperidine rings is 1. The van der Waals surface area contributed by atoms with Crippen molar-refractivity contribution in [2.24, 2.45) is 0 Å². The second-order valence-electron chi connectivity index (χ2n) is 7.95. The Balaban J connectivity index is 1.54. The first kappa shape index (κ1) is 20.6. The van der Waals surface area contributed by atoms with Gasteiger partial charge >= 0.3 is 0 Å². The molecule has 0 radical (unpaired) electrons. The Morgan fingerprint density at radius 1 is 1.28 bits per heavy atom. The average Bonchev–Trinajstić information content (AvgIpc) is 3.28. The molecule has 1 aromatic carbocycles. The van der Waals surface area contributed by atoms with Crippen LogP contribution in [0.5, 0.6) is 0 Å². The number of aliphatic hydroxyl groups excluding tert-OH is 1. The number of hydrogen-bond donors (Lipinski definition) is 3. The maximum atomic E-state index is 13.4. The third kappa shape index (κ3) is 3.74. The summed E-state index contributed by atoms with van der Waals surface area (Å²) in [4.78, 5) is 35.6. The summed E-state index contributed by atoms with van der Waals surface area (Å²) in [5, 5.41) is 15.1. The molecule has 1 amide bonds. The lowest BCUT2D eigenvalue weighted by atomic mass is 10.0. The molecule has 1 aliphatic rings. The number of halogens is 1. The number of rotatable bonds is 4. The van der Waals surface area contributed by atoms with Crippen LogP contribution in [0.4, 0.5) is 5.82 Å². The molecule has 9 nitrogen and oxygen atoms in total. The molecule has 3 aromatic heterocycles. The van der Waals surface area contributed by atoms with Crippen LogP contribution in [0.2, 0.25) is 5.02 Å². The third-order valence-corrected chi connectivity index (χ3v) is 6.12. The summed E-state index contributed by atoms with van der Waals surface area (Å²) in [5.74, 6) is 0.424. The maximum absolute atomic E-state index is 13.4. The van der Waals surface area contributed by atoms with Gasteiger partial charge in [-0.05, 0) is 37.3 Å². The van der Waals surface area contributed by atoms with E-state index in [1.54, 1.807) is 17.3 Å². The Bertz CT molecular complexity index is 1300. The van der Waals surface area contributed by atoms with E-state index < -0.39 is 0 Å². The minimum Gasteiger partial charge on any atom is -0.393 e. The predicted molar refractivity (Wildman–Crippen MR) is 122 cm³/mol. The number of aliphatic hydroxyl groups is 1. The molecule has 10 heteroatoms. The normalized spacial score (nSPS) is 15.9. The lowest BCUT2D eigenvalue weighted by Crippen LogP contribution is -2.40. The smallest absolute Gasteiger partial charge is 0.273 e. The van der Waals surface area contributed by atoms with Gasteiger partial charge < -0.3 is 20.3 Å². The summed E-state index contributed by atoms with van der Waals surface area (Å²) >= 11 is 6.49. The molecule has 4 aromatic rings. The largest absolute Gasteiger partial charge is 0.393 e. The monoisotopic (exact) mass is 451 g/mol. The fraction of sp³-hybridized carbons (Fsp3) is 0.318. The van der Waals surface area contributed by atoms with Crippen LogP contribution in [0.15, 0.2) is 36.9 Å². The molecule has 1 unspecified atom stereocenters. The number of carbonyl (C=O) groups excluding carboxylic acids is 1. The summed E-state index contributed by atoms with van der Waals surface area (Å²) in [6.45, 7) is 2.93. The van der Waals surface area contributed by atoms with E-state index in [1.807, 2.05) is 25.1 Å². The van der Waals surface area contributed by atoms with E-state index in [-0.39, 0.29) is 18.1 Å². The van der Waals surface area contributed by atoms with Gasteiger partial charge in [0.1, 0.15) is 17.5 Å². The third-order valence-electron chi connectivity index (χ3n) is 5.80. The molecule has 0 bridgehead atoms. The lowest BCUT2D eigenvalue weighted by molar-refractivity contribution is 0.0543. The van der Waals surface area contributed by atoms with Crippen molar-refractivity contribution in [1.29, 1.82) is 0 Å². The van der Waals surface area contributed by atoms with Crippen molar-refractivity contribution in [1.82, 2.24) is 29.8 Å². The van der Waals surface area contributed by atoms with Gasteiger partial charge in [0, 0.05) is 18.5 Å². The number of nitrogens with zero attached hydrogens (tertiary/aromatic N) is 5. The number of H-pyrrole nitrogens is 1. The van der Waals surface area contributed by atoms with Gasteiger partial charge in [-0.3, -0.25) is 4.79 Å². The number of aromatic amines is 1. The molecule has 1 atom stereocenters. The number of benzene rings is 1. The number of hydrogen-bond acceptors (Lipinski definition) is 7. The second kappa shape index (κ2) is 8.33. The van der Waals surface area contributed by atoms with Crippen molar-refractivity contribution in [3.05, 3.63) is 53.3 Å². The van der Waals surface area contributed by atoms with Crippen LogP contribution in [-0.4, -0.2) is 60.0 Å². The van der Waals surface area contributed by atoms with Gasteiger partial charge in [-0.2, -0.15) is 0 Å². The quantitative estimate of drug-likeness (QED) is 0.435. The molecule has 5 rings (SSSR count). The minimum atomic E-state index is -0.366. The summed E-state index contributed by atoms with van der Waals surface area (Å²) in [6.07, 6.45) is 3.77. The van der Waals surface area contributed by atoms with E-state index >= 15 is 0 Å². The van der Waals surface area contributed by atoms with Crippen LogP contribution < -0.4 is 5.32 Å². The van der Waals surface area contributed by atoms with Gasteiger partial charge in [0.15, 0.2) is 11.5 Å². The summed E-state index contributed by atoms with van der Waals surface area (Å²) < 4.78 is 0. The van der Waals surface area contributed by atoms with E-state index in [4.69, 9.17) is 16.6 Å². The molecule has 3 N–H and O–H groups in total. The number of carbonyl (C=O) groups is 1. The minimum absolute atomic E-state index is 0.179. The summed E-state index contributed by atoms with van der Waals surface area (Å²) in [7, 11) is 0. The van der Waals surface area contributed by atoms with Gasteiger partial charge in [0.2, 0.25) is 0 Å². The highest BCUT2D eigenvalue weighted by atomic mass is 35.5. The van der Waals surface area contributed by atoms with Crippen LogP contribution >= 0.6 is 11.6 Å². The molecule has 1 aliphatic heterocycles. The van der Waals surface area contributed by atoms with E-state index in [2.05, 4.69) is 25.3 Å². The number of imidazole rings is 1. The average molecular weight is 452 g/mol. The zero-order valence-electron chi connectivity index (χ0n) is 17.4. The number of likely N-dealkylation sites (tertiary alicyclic amines) is 1. The van der Waals surface area contributed by atoms with Crippen LogP contribution in [0.1, 0.15) is 42.0 Å². The first-order valence-electron chi connectivity index (χ1n) is 10.5. The fourth-order valence-corrected chi connectivity index (χ4v) is 4.31. The fourth-order valence-electron chi connectivity index (χ4n) is 4.04. The van der Waals surface area contributed by atoms with E-state index in [0.717, 1.165) is 5.39 Å². The van der Waals surface area contributed by atoms with Gasteiger partial charge in [-0.25, -0.2) is 19.9 Å².